The van der Waals surface area contributed by atoms with Crippen molar-refractivity contribution >= 4 is 17.5 Å². The van der Waals surface area contributed by atoms with E-state index in [1.54, 1.807) is 30.3 Å². The number of ketones is 2. The molecule has 0 saturated heterocycles. The predicted molar refractivity (Wildman–Crippen MR) is 95.8 cm³/mol. The minimum Gasteiger partial charge on any atom is -0.370 e. The van der Waals surface area contributed by atoms with E-state index in [0.29, 0.717) is 35.1 Å². The third kappa shape index (κ3) is 3.12. The average Bonchev–Trinajstić information content (AvgIpc) is 2.58. The first-order valence-corrected chi connectivity index (χ1v) is 8.42. The SMILES string of the molecule is CC(C)(CCCC(N)=O)c1ccc2c(c1)C(=O)c1ccccc1C2=O. The van der Waals surface area contributed by atoms with Crippen molar-refractivity contribution in [3.63, 3.8) is 0 Å². The zero-order chi connectivity index (χ0) is 18.2. The number of benzene rings is 2. The first-order chi connectivity index (χ1) is 11.8. The molecule has 4 nitrogen and oxygen atoms in total. The quantitative estimate of drug-likeness (QED) is 0.776. The van der Waals surface area contributed by atoms with Crippen molar-refractivity contribution in [3.05, 3.63) is 70.3 Å². The van der Waals surface area contributed by atoms with Gasteiger partial charge in [-0.15, -0.1) is 0 Å². The van der Waals surface area contributed by atoms with Gasteiger partial charge in [0, 0.05) is 28.7 Å². The van der Waals surface area contributed by atoms with Crippen molar-refractivity contribution in [2.24, 2.45) is 5.73 Å². The molecule has 0 heterocycles. The van der Waals surface area contributed by atoms with E-state index in [9.17, 15) is 14.4 Å². The Labute approximate surface area is 147 Å². The fourth-order valence-electron chi connectivity index (χ4n) is 3.37. The maximum absolute atomic E-state index is 12.8. The molecular weight excluding hydrogens is 314 g/mol. The Morgan fingerprint density at radius 2 is 1.48 bits per heavy atom. The molecule has 1 amide bonds. The van der Waals surface area contributed by atoms with Gasteiger partial charge in [-0.2, -0.15) is 0 Å². The van der Waals surface area contributed by atoms with Gasteiger partial charge in [0.05, 0.1) is 0 Å². The molecule has 3 rings (SSSR count). The Morgan fingerprint density at radius 1 is 0.920 bits per heavy atom. The van der Waals surface area contributed by atoms with Crippen LogP contribution in [0.4, 0.5) is 0 Å². The third-order valence-electron chi connectivity index (χ3n) is 4.93. The number of nitrogens with two attached hydrogens (primary N) is 1. The van der Waals surface area contributed by atoms with Crippen molar-refractivity contribution in [2.75, 3.05) is 0 Å². The van der Waals surface area contributed by atoms with Gasteiger partial charge in [-0.3, -0.25) is 14.4 Å². The highest BCUT2D eigenvalue weighted by atomic mass is 16.1. The fraction of sp³-hybridized carbons (Fsp3) is 0.286. The molecule has 1 aliphatic carbocycles. The molecule has 0 saturated carbocycles. The number of carbonyl (C=O) groups is 3. The van der Waals surface area contributed by atoms with Gasteiger partial charge < -0.3 is 5.73 Å². The van der Waals surface area contributed by atoms with Crippen molar-refractivity contribution in [1.82, 2.24) is 0 Å². The maximum Gasteiger partial charge on any atom is 0.217 e. The third-order valence-corrected chi connectivity index (χ3v) is 4.93. The first kappa shape index (κ1) is 17.1. The van der Waals surface area contributed by atoms with E-state index in [-0.39, 0.29) is 22.9 Å². The summed E-state index contributed by atoms with van der Waals surface area (Å²) in [6.07, 6.45) is 1.81. The Morgan fingerprint density at radius 3 is 2.08 bits per heavy atom. The number of fused-ring (bicyclic) bond motifs is 2. The topological polar surface area (TPSA) is 77.2 Å². The molecule has 0 fully saturated rings. The Bertz CT molecular complexity index is 880. The molecule has 0 spiro atoms. The molecule has 0 atom stereocenters. The van der Waals surface area contributed by atoms with Crippen molar-refractivity contribution < 1.29 is 14.4 Å². The van der Waals surface area contributed by atoms with Crippen LogP contribution in [0.5, 0.6) is 0 Å². The van der Waals surface area contributed by atoms with Crippen LogP contribution in [0.25, 0.3) is 0 Å². The molecule has 128 valence electrons. The lowest BCUT2D eigenvalue weighted by atomic mass is 9.76. The van der Waals surface area contributed by atoms with Gasteiger partial charge in [0.2, 0.25) is 5.91 Å². The molecule has 4 heteroatoms. The molecule has 0 radical (unpaired) electrons. The van der Waals surface area contributed by atoms with E-state index < -0.39 is 0 Å². The standard InChI is InChI=1S/C21H21NO3/c1-21(2,11-5-8-18(22)23)13-9-10-16-17(12-13)20(25)15-7-4-3-6-14(15)19(16)24/h3-4,6-7,9-10,12H,5,8,11H2,1-2H3,(H2,22,23). The van der Waals surface area contributed by atoms with Gasteiger partial charge in [0.25, 0.3) is 0 Å². The van der Waals surface area contributed by atoms with Crippen molar-refractivity contribution in [3.8, 4) is 0 Å². The lowest BCUT2D eigenvalue weighted by molar-refractivity contribution is -0.118. The summed E-state index contributed by atoms with van der Waals surface area (Å²) in [5, 5.41) is 0. The molecule has 2 N–H and O–H groups in total. The van der Waals surface area contributed by atoms with Gasteiger partial charge in [-0.25, -0.2) is 0 Å². The van der Waals surface area contributed by atoms with Crippen LogP contribution in [0.15, 0.2) is 42.5 Å². The van der Waals surface area contributed by atoms with Crippen LogP contribution in [-0.4, -0.2) is 17.5 Å². The largest absolute Gasteiger partial charge is 0.370 e. The molecule has 2 aromatic rings. The molecule has 0 aromatic heterocycles. The van der Waals surface area contributed by atoms with Gasteiger partial charge in [-0.05, 0) is 36.0 Å². The Balaban J connectivity index is 1.96. The van der Waals surface area contributed by atoms with Crippen LogP contribution in [-0.2, 0) is 10.2 Å². The minimum atomic E-state index is -0.307. The highest BCUT2D eigenvalue weighted by molar-refractivity contribution is 6.28. The van der Waals surface area contributed by atoms with Crippen LogP contribution < -0.4 is 5.73 Å². The van der Waals surface area contributed by atoms with E-state index in [1.807, 2.05) is 12.1 Å². The van der Waals surface area contributed by atoms with E-state index in [4.69, 9.17) is 5.73 Å². The minimum absolute atomic E-state index is 0.108. The second kappa shape index (κ2) is 6.28. The summed E-state index contributed by atoms with van der Waals surface area (Å²) in [5.74, 6) is -0.526. The second-order valence-electron chi connectivity index (χ2n) is 7.17. The summed E-state index contributed by atoms with van der Waals surface area (Å²) in [6.45, 7) is 4.14. The summed E-state index contributed by atoms with van der Waals surface area (Å²) in [4.78, 5) is 36.4. The Kier molecular flexibility index (Phi) is 4.29. The second-order valence-corrected chi connectivity index (χ2v) is 7.17. The van der Waals surface area contributed by atoms with Gasteiger partial charge >= 0.3 is 0 Å². The number of hydrogen-bond donors (Lipinski definition) is 1. The summed E-state index contributed by atoms with van der Waals surface area (Å²) in [6, 6.07) is 12.4. The van der Waals surface area contributed by atoms with Crippen molar-refractivity contribution in [2.45, 2.75) is 38.5 Å². The van der Waals surface area contributed by atoms with E-state index in [2.05, 4.69) is 13.8 Å². The van der Waals surface area contributed by atoms with Crippen LogP contribution in [0.3, 0.4) is 0 Å². The van der Waals surface area contributed by atoms with Crippen LogP contribution >= 0.6 is 0 Å². The number of primary amides is 1. The molecular formula is C21H21NO3. The zero-order valence-electron chi connectivity index (χ0n) is 14.5. The van der Waals surface area contributed by atoms with Gasteiger partial charge in [-0.1, -0.05) is 44.2 Å². The predicted octanol–water partition coefficient (Wildman–Crippen LogP) is 3.40. The molecule has 1 aliphatic rings. The lowest BCUT2D eigenvalue weighted by Gasteiger charge is -2.27. The molecule has 25 heavy (non-hydrogen) atoms. The number of carbonyl (C=O) groups excluding carboxylic acids is 3. The normalized spacial score (nSPS) is 13.4. The summed E-state index contributed by atoms with van der Waals surface area (Å²) < 4.78 is 0. The van der Waals surface area contributed by atoms with Gasteiger partial charge in [0.1, 0.15) is 0 Å². The smallest absolute Gasteiger partial charge is 0.217 e. The van der Waals surface area contributed by atoms with Crippen LogP contribution in [0.1, 0.15) is 70.5 Å². The van der Waals surface area contributed by atoms with E-state index in [1.165, 1.54) is 0 Å². The molecule has 0 aliphatic heterocycles. The zero-order valence-corrected chi connectivity index (χ0v) is 14.5. The summed E-state index contributed by atoms with van der Waals surface area (Å²) >= 11 is 0. The number of rotatable bonds is 5. The van der Waals surface area contributed by atoms with E-state index in [0.717, 1.165) is 12.0 Å². The monoisotopic (exact) mass is 335 g/mol. The first-order valence-electron chi connectivity index (χ1n) is 8.42. The lowest BCUT2D eigenvalue weighted by Crippen LogP contribution is -2.24. The summed E-state index contributed by atoms with van der Waals surface area (Å²) in [5.41, 5.74) is 7.82. The summed E-state index contributed by atoms with van der Waals surface area (Å²) in [7, 11) is 0. The number of hydrogen-bond acceptors (Lipinski definition) is 3. The Hall–Kier alpha value is -2.75. The molecule has 2 aromatic carbocycles. The fourth-order valence-corrected chi connectivity index (χ4v) is 3.37. The average molecular weight is 335 g/mol. The highest BCUT2D eigenvalue weighted by Gasteiger charge is 2.31. The molecule has 0 unspecified atom stereocenters. The highest BCUT2D eigenvalue weighted by Crippen LogP contribution is 2.34. The number of amides is 1. The molecule has 0 bridgehead atoms. The van der Waals surface area contributed by atoms with E-state index >= 15 is 0 Å². The van der Waals surface area contributed by atoms with Crippen LogP contribution in [0.2, 0.25) is 0 Å². The maximum atomic E-state index is 12.8. The van der Waals surface area contributed by atoms with Crippen LogP contribution in [0, 0.1) is 0 Å². The van der Waals surface area contributed by atoms with Gasteiger partial charge in [0.15, 0.2) is 11.6 Å². The van der Waals surface area contributed by atoms with Crippen molar-refractivity contribution in [1.29, 1.82) is 0 Å².